The van der Waals surface area contributed by atoms with Crippen LogP contribution in [0.1, 0.15) is 11.1 Å². The summed E-state index contributed by atoms with van der Waals surface area (Å²) in [4.78, 5) is 17.2. The maximum Gasteiger partial charge on any atom is 0.416 e. The maximum atomic E-state index is 12.8. The van der Waals surface area contributed by atoms with Crippen molar-refractivity contribution in [1.29, 1.82) is 0 Å². The number of alkyl halides is 3. The highest BCUT2D eigenvalue weighted by Crippen LogP contribution is 2.30. The van der Waals surface area contributed by atoms with Gasteiger partial charge in [-0.1, -0.05) is 18.2 Å². The van der Waals surface area contributed by atoms with Crippen LogP contribution in [-0.4, -0.2) is 54.7 Å². The molecule has 4 rings (SSSR count). The highest BCUT2D eigenvalue weighted by atomic mass is 32.2. The van der Waals surface area contributed by atoms with Crippen molar-refractivity contribution in [3.05, 3.63) is 65.9 Å². The zero-order valence-electron chi connectivity index (χ0n) is 16.4. The van der Waals surface area contributed by atoms with E-state index in [9.17, 15) is 26.4 Å². The third kappa shape index (κ3) is 4.31. The lowest BCUT2D eigenvalue weighted by Gasteiger charge is -2.34. The molecule has 6 nitrogen and oxygen atoms in total. The molecule has 31 heavy (non-hydrogen) atoms. The summed E-state index contributed by atoms with van der Waals surface area (Å²) in [6, 6.07) is 11.1. The quantitative estimate of drug-likeness (QED) is 0.662. The summed E-state index contributed by atoms with van der Waals surface area (Å²) in [6.07, 6.45) is -2.53. The zero-order chi connectivity index (χ0) is 22.2. The molecule has 2 heterocycles. The third-order valence-corrected chi connectivity index (χ3v) is 7.34. The fourth-order valence-electron chi connectivity index (χ4n) is 3.70. The molecule has 1 amide bonds. The number of benzene rings is 2. The molecule has 1 fully saturated rings. The van der Waals surface area contributed by atoms with Gasteiger partial charge in [-0.05, 0) is 35.9 Å². The van der Waals surface area contributed by atoms with Gasteiger partial charge in [0.15, 0.2) is 0 Å². The van der Waals surface area contributed by atoms with Gasteiger partial charge in [0, 0.05) is 43.3 Å². The Balaban J connectivity index is 1.40. The van der Waals surface area contributed by atoms with Crippen LogP contribution in [0.3, 0.4) is 0 Å². The molecule has 1 aliphatic rings. The fourth-order valence-corrected chi connectivity index (χ4v) is 5.12. The van der Waals surface area contributed by atoms with Crippen LogP contribution in [0, 0.1) is 0 Å². The molecule has 1 aliphatic heterocycles. The second-order valence-corrected chi connectivity index (χ2v) is 9.28. The number of piperazine rings is 1. The van der Waals surface area contributed by atoms with Gasteiger partial charge >= 0.3 is 6.18 Å². The Morgan fingerprint density at radius 3 is 2.26 bits per heavy atom. The number of sulfonamides is 1. The van der Waals surface area contributed by atoms with Gasteiger partial charge < -0.3 is 9.88 Å². The first-order valence-corrected chi connectivity index (χ1v) is 11.1. The van der Waals surface area contributed by atoms with Gasteiger partial charge in [0.05, 0.1) is 16.9 Å². The number of hydrogen-bond acceptors (Lipinski definition) is 3. The second-order valence-electron chi connectivity index (χ2n) is 7.34. The molecule has 0 radical (unpaired) electrons. The van der Waals surface area contributed by atoms with E-state index in [1.165, 1.54) is 4.31 Å². The Morgan fingerprint density at radius 1 is 0.968 bits per heavy atom. The molecule has 10 heteroatoms. The van der Waals surface area contributed by atoms with Crippen LogP contribution in [0.15, 0.2) is 59.6 Å². The number of H-pyrrole nitrogens is 1. The van der Waals surface area contributed by atoms with E-state index in [2.05, 4.69) is 4.98 Å². The largest absolute Gasteiger partial charge is 0.416 e. The van der Waals surface area contributed by atoms with Gasteiger partial charge in [0.2, 0.25) is 15.9 Å². The summed E-state index contributed by atoms with van der Waals surface area (Å²) in [5, 5.41) is 0.972. The molecule has 0 unspecified atom stereocenters. The number of hydrogen-bond donors (Lipinski definition) is 1. The Kier molecular flexibility index (Phi) is 5.52. The molecule has 2 aromatic carbocycles. The van der Waals surface area contributed by atoms with Gasteiger partial charge in [0.1, 0.15) is 0 Å². The van der Waals surface area contributed by atoms with Crippen LogP contribution in [-0.2, 0) is 27.4 Å². The smallest absolute Gasteiger partial charge is 0.361 e. The van der Waals surface area contributed by atoms with Crippen molar-refractivity contribution in [3.8, 4) is 0 Å². The molecule has 1 saturated heterocycles. The Bertz CT molecular complexity index is 1200. The van der Waals surface area contributed by atoms with E-state index in [4.69, 9.17) is 0 Å². The Labute approximate surface area is 177 Å². The Morgan fingerprint density at radius 2 is 1.61 bits per heavy atom. The van der Waals surface area contributed by atoms with E-state index in [0.717, 1.165) is 40.7 Å². The number of fused-ring (bicyclic) bond motifs is 1. The predicted molar refractivity (Wildman–Crippen MR) is 109 cm³/mol. The Hall–Kier alpha value is -2.85. The minimum Gasteiger partial charge on any atom is -0.361 e. The van der Waals surface area contributed by atoms with E-state index in [1.54, 1.807) is 11.1 Å². The number of aromatic amines is 1. The maximum absolute atomic E-state index is 12.8. The minimum atomic E-state index is -4.53. The fraction of sp³-hybridized carbons (Fsp3) is 0.286. The normalized spacial score (nSPS) is 16.0. The van der Waals surface area contributed by atoms with Gasteiger partial charge in [-0.3, -0.25) is 4.79 Å². The number of aromatic nitrogens is 1. The number of carbonyl (C=O) groups is 1. The molecule has 1 aromatic heterocycles. The molecule has 0 spiro atoms. The lowest BCUT2D eigenvalue weighted by molar-refractivity contribution is -0.137. The van der Waals surface area contributed by atoms with Crippen LogP contribution in [0.2, 0.25) is 0 Å². The lowest BCUT2D eigenvalue weighted by atomic mass is 10.1. The summed E-state index contributed by atoms with van der Waals surface area (Å²) in [5.74, 6) is -0.101. The van der Waals surface area contributed by atoms with Crippen LogP contribution in [0.25, 0.3) is 10.9 Å². The first-order valence-electron chi connectivity index (χ1n) is 9.66. The third-order valence-electron chi connectivity index (χ3n) is 5.43. The van der Waals surface area contributed by atoms with Gasteiger partial charge in [-0.25, -0.2) is 8.42 Å². The minimum absolute atomic E-state index is 0.0863. The molecular formula is C21H20F3N3O3S. The van der Waals surface area contributed by atoms with Crippen molar-refractivity contribution in [2.24, 2.45) is 0 Å². The molecular weight excluding hydrogens is 431 g/mol. The molecule has 0 saturated carbocycles. The number of rotatable bonds is 4. The highest BCUT2D eigenvalue weighted by Gasteiger charge is 2.33. The van der Waals surface area contributed by atoms with E-state index in [-0.39, 0.29) is 43.4 Å². The van der Waals surface area contributed by atoms with Gasteiger partial charge in [-0.2, -0.15) is 17.5 Å². The van der Waals surface area contributed by atoms with E-state index in [0.29, 0.717) is 0 Å². The average molecular weight is 451 g/mol. The number of nitrogens with zero attached hydrogens (tertiary/aromatic N) is 2. The number of nitrogens with one attached hydrogen (secondary N) is 1. The predicted octanol–water partition coefficient (Wildman–Crippen LogP) is 3.26. The van der Waals surface area contributed by atoms with Gasteiger partial charge in [0.25, 0.3) is 0 Å². The van der Waals surface area contributed by atoms with E-state index < -0.39 is 21.8 Å². The molecule has 0 aliphatic carbocycles. The number of para-hydroxylation sites is 1. The van der Waals surface area contributed by atoms with E-state index >= 15 is 0 Å². The molecule has 0 atom stereocenters. The summed E-state index contributed by atoms with van der Waals surface area (Å²) in [7, 11) is -3.93. The summed E-state index contributed by atoms with van der Waals surface area (Å²) < 4.78 is 64.9. The lowest BCUT2D eigenvalue weighted by Crippen LogP contribution is -2.50. The van der Waals surface area contributed by atoms with E-state index in [1.807, 2.05) is 24.3 Å². The number of carbonyl (C=O) groups excluding carboxylic acids is 1. The van der Waals surface area contributed by atoms with Crippen molar-refractivity contribution < 1.29 is 26.4 Å². The van der Waals surface area contributed by atoms with Crippen LogP contribution in [0.4, 0.5) is 13.2 Å². The van der Waals surface area contributed by atoms with Crippen LogP contribution >= 0.6 is 0 Å². The topological polar surface area (TPSA) is 73.5 Å². The zero-order valence-corrected chi connectivity index (χ0v) is 17.2. The van der Waals surface area contributed by atoms with Crippen molar-refractivity contribution in [2.45, 2.75) is 17.5 Å². The molecule has 1 N–H and O–H groups in total. The van der Waals surface area contributed by atoms with Gasteiger partial charge in [-0.15, -0.1) is 0 Å². The standard InChI is InChI=1S/C21H20F3N3O3S/c22-21(23,24)16-5-7-17(8-6-16)31(29,30)27-11-9-26(10-12-27)20(28)13-15-14-25-19-4-2-1-3-18(15)19/h1-8,14,25H,9-13H2. The van der Waals surface area contributed by atoms with Crippen molar-refractivity contribution in [1.82, 2.24) is 14.2 Å². The summed E-state index contributed by atoms with van der Waals surface area (Å²) in [6.45, 7) is 0.619. The second kappa shape index (κ2) is 8.01. The summed E-state index contributed by atoms with van der Waals surface area (Å²) in [5.41, 5.74) is 0.914. The summed E-state index contributed by atoms with van der Waals surface area (Å²) >= 11 is 0. The molecule has 164 valence electrons. The SMILES string of the molecule is O=C(Cc1c[nH]c2ccccc12)N1CCN(S(=O)(=O)c2ccc(C(F)(F)F)cc2)CC1. The molecule has 0 bridgehead atoms. The highest BCUT2D eigenvalue weighted by molar-refractivity contribution is 7.89. The first kappa shape index (κ1) is 21.4. The first-order chi connectivity index (χ1) is 14.7. The number of amides is 1. The van der Waals surface area contributed by atoms with Crippen LogP contribution < -0.4 is 0 Å². The number of halogens is 3. The van der Waals surface area contributed by atoms with Crippen molar-refractivity contribution >= 4 is 26.8 Å². The monoisotopic (exact) mass is 451 g/mol. The molecule has 3 aromatic rings. The van der Waals surface area contributed by atoms with Crippen LogP contribution in [0.5, 0.6) is 0 Å². The van der Waals surface area contributed by atoms with Crippen molar-refractivity contribution in [2.75, 3.05) is 26.2 Å². The average Bonchev–Trinajstić information content (AvgIpc) is 3.16. The van der Waals surface area contributed by atoms with Crippen molar-refractivity contribution in [3.63, 3.8) is 0 Å².